The number of hydrogen-bond donors (Lipinski definition) is 0. The third kappa shape index (κ3) is 3.01. The van der Waals surface area contributed by atoms with E-state index in [1.54, 1.807) is 0 Å². The molecule has 0 spiro atoms. The topological polar surface area (TPSA) is 0 Å². The molecule has 0 aromatic carbocycles. The number of halogens is 1. The van der Waals surface area contributed by atoms with Gasteiger partial charge in [-0.25, -0.2) is 0 Å². The molecule has 1 aromatic rings. The summed E-state index contributed by atoms with van der Waals surface area (Å²) in [5.74, 6) is 1.20. The molecule has 0 amide bonds. The minimum absolute atomic E-state index is 0.928. The van der Waals surface area contributed by atoms with Crippen molar-refractivity contribution in [2.24, 2.45) is 0 Å². The first-order valence-electron chi connectivity index (χ1n) is 5.20. The Kier molecular flexibility index (Phi) is 4.39. The molecule has 0 bridgehead atoms. The van der Waals surface area contributed by atoms with Crippen LogP contribution in [-0.4, -0.2) is 5.25 Å². The van der Waals surface area contributed by atoms with E-state index in [1.807, 2.05) is 11.3 Å². The van der Waals surface area contributed by atoms with Crippen molar-refractivity contribution in [3.8, 4) is 0 Å². The summed E-state index contributed by atoms with van der Waals surface area (Å²) in [6.45, 7) is 0. The summed E-state index contributed by atoms with van der Waals surface area (Å²) in [5, 5.41) is 3.10. The fraction of sp³-hybridized carbons (Fsp3) is 0.636. The molecule has 14 heavy (non-hydrogen) atoms. The van der Waals surface area contributed by atoms with Gasteiger partial charge >= 0.3 is 0 Å². The molecule has 2 rings (SSSR count). The highest BCUT2D eigenvalue weighted by Gasteiger charge is 2.14. The zero-order chi connectivity index (χ0) is 9.80. The molecule has 1 aliphatic carbocycles. The molecular formula is C11H15BrS2. The minimum Gasteiger partial charge on any atom is -0.153 e. The highest BCUT2D eigenvalue weighted by molar-refractivity contribution is 9.10. The first kappa shape index (κ1) is 11.0. The molecule has 0 unspecified atom stereocenters. The molecule has 0 nitrogen and oxygen atoms in total. The van der Waals surface area contributed by atoms with Crippen LogP contribution < -0.4 is 0 Å². The summed E-state index contributed by atoms with van der Waals surface area (Å²) in [7, 11) is 0. The molecular weight excluding hydrogens is 276 g/mol. The molecule has 1 aliphatic rings. The summed E-state index contributed by atoms with van der Waals surface area (Å²) >= 11 is 7.61. The minimum atomic E-state index is 0.928. The Hall–Kier alpha value is 0.530. The summed E-state index contributed by atoms with van der Waals surface area (Å²) in [4.78, 5) is 1.50. The average Bonchev–Trinajstić information content (AvgIpc) is 2.63. The van der Waals surface area contributed by atoms with Crippen LogP contribution in [0.1, 0.15) is 37.0 Å². The smallest absolute Gasteiger partial charge is 0.0322 e. The van der Waals surface area contributed by atoms with Crippen LogP contribution in [0.25, 0.3) is 0 Å². The van der Waals surface area contributed by atoms with Crippen LogP contribution in [0.4, 0.5) is 0 Å². The zero-order valence-corrected chi connectivity index (χ0v) is 11.4. The molecule has 0 saturated heterocycles. The van der Waals surface area contributed by atoms with E-state index < -0.39 is 0 Å². The summed E-state index contributed by atoms with van der Waals surface area (Å²) in [6, 6.07) is 2.15. The highest BCUT2D eigenvalue weighted by Crippen LogP contribution is 2.33. The molecule has 0 N–H and O–H groups in total. The van der Waals surface area contributed by atoms with E-state index in [2.05, 4.69) is 39.1 Å². The lowest BCUT2D eigenvalue weighted by molar-refractivity contribution is 0.516. The Balaban J connectivity index is 1.79. The first-order chi connectivity index (χ1) is 6.86. The fourth-order valence-electron chi connectivity index (χ4n) is 1.85. The van der Waals surface area contributed by atoms with Crippen LogP contribution in [-0.2, 0) is 5.75 Å². The number of thiophene rings is 1. The highest BCUT2D eigenvalue weighted by atomic mass is 79.9. The summed E-state index contributed by atoms with van der Waals surface area (Å²) in [6.07, 6.45) is 7.23. The Bertz CT molecular complexity index is 277. The maximum absolute atomic E-state index is 3.59. The van der Waals surface area contributed by atoms with E-state index in [0.717, 1.165) is 5.25 Å². The van der Waals surface area contributed by atoms with Crippen molar-refractivity contribution in [1.29, 1.82) is 0 Å². The second-order valence-corrected chi connectivity index (χ2v) is 6.91. The molecule has 1 fully saturated rings. The Morgan fingerprint density at radius 1 is 1.36 bits per heavy atom. The Labute approximate surface area is 103 Å². The molecule has 1 aromatic heterocycles. The van der Waals surface area contributed by atoms with E-state index >= 15 is 0 Å². The van der Waals surface area contributed by atoms with Gasteiger partial charge in [0.25, 0.3) is 0 Å². The van der Waals surface area contributed by atoms with Crippen LogP contribution in [0, 0.1) is 0 Å². The van der Waals surface area contributed by atoms with Crippen molar-refractivity contribution in [3.05, 3.63) is 20.8 Å². The van der Waals surface area contributed by atoms with Crippen molar-refractivity contribution < 1.29 is 0 Å². The van der Waals surface area contributed by atoms with Crippen molar-refractivity contribution in [1.82, 2.24) is 0 Å². The van der Waals surface area contributed by atoms with Gasteiger partial charge < -0.3 is 0 Å². The van der Waals surface area contributed by atoms with Crippen LogP contribution in [0.15, 0.2) is 15.9 Å². The molecule has 78 valence electrons. The van der Waals surface area contributed by atoms with Crippen LogP contribution in [0.5, 0.6) is 0 Å². The zero-order valence-electron chi connectivity index (χ0n) is 8.17. The fourth-order valence-corrected chi connectivity index (χ4v) is 5.00. The van der Waals surface area contributed by atoms with Crippen molar-refractivity contribution in [2.75, 3.05) is 0 Å². The normalized spacial score (nSPS) is 18.6. The van der Waals surface area contributed by atoms with Gasteiger partial charge in [0.05, 0.1) is 0 Å². The lowest BCUT2D eigenvalue weighted by atomic mass is 10.0. The van der Waals surface area contributed by atoms with Crippen molar-refractivity contribution in [3.63, 3.8) is 0 Å². The third-order valence-electron chi connectivity index (χ3n) is 2.69. The van der Waals surface area contributed by atoms with Gasteiger partial charge in [-0.3, -0.25) is 0 Å². The maximum atomic E-state index is 3.59. The number of rotatable bonds is 3. The van der Waals surface area contributed by atoms with Gasteiger partial charge in [-0.05, 0) is 40.2 Å². The quantitative estimate of drug-likeness (QED) is 0.748. The largest absolute Gasteiger partial charge is 0.153 e. The lowest BCUT2D eigenvalue weighted by Gasteiger charge is -2.20. The molecule has 0 atom stereocenters. The lowest BCUT2D eigenvalue weighted by Crippen LogP contribution is -2.07. The number of thioether (sulfide) groups is 1. The van der Waals surface area contributed by atoms with E-state index in [9.17, 15) is 0 Å². The molecule has 3 heteroatoms. The standard InChI is InChI=1S/C11H15BrS2/c12-10-6-7-13-11(10)8-14-9-4-2-1-3-5-9/h6-7,9H,1-5,8H2. The second kappa shape index (κ2) is 5.57. The van der Waals surface area contributed by atoms with Gasteiger partial charge in [0, 0.05) is 20.4 Å². The van der Waals surface area contributed by atoms with Crippen molar-refractivity contribution >= 4 is 39.0 Å². The predicted octanol–water partition coefficient (Wildman–Crippen LogP) is 5.08. The van der Waals surface area contributed by atoms with Gasteiger partial charge in [0.2, 0.25) is 0 Å². The first-order valence-corrected chi connectivity index (χ1v) is 7.92. The maximum Gasteiger partial charge on any atom is 0.0322 e. The van der Waals surface area contributed by atoms with Gasteiger partial charge in [-0.15, -0.1) is 11.3 Å². The van der Waals surface area contributed by atoms with Crippen molar-refractivity contribution in [2.45, 2.75) is 43.1 Å². The molecule has 1 saturated carbocycles. The molecule has 0 aliphatic heterocycles. The van der Waals surface area contributed by atoms with E-state index in [1.165, 1.54) is 47.2 Å². The van der Waals surface area contributed by atoms with Gasteiger partial charge in [0.15, 0.2) is 0 Å². The molecule has 1 heterocycles. The van der Waals surface area contributed by atoms with E-state index in [-0.39, 0.29) is 0 Å². The van der Waals surface area contributed by atoms with Gasteiger partial charge in [-0.2, -0.15) is 11.8 Å². The Morgan fingerprint density at radius 3 is 2.79 bits per heavy atom. The van der Waals surface area contributed by atoms with Crippen LogP contribution >= 0.6 is 39.0 Å². The van der Waals surface area contributed by atoms with Crippen LogP contribution in [0.3, 0.4) is 0 Å². The average molecular weight is 291 g/mol. The SMILES string of the molecule is Brc1ccsc1CSC1CCCCC1. The summed E-state index contributed by atoms with van der Waals surface area (Å²) in [5.41, 5.74) is 0. The third-order valence-corrected chi connectivity index (χ3v) is 6.20. The van der Waals surface area contributed by atoms with Gasteiger partial charge in [0.1, 0.15) is 0 Å². The van der Waals surface area contributed by atoms with E-state index in [0.29, 0.717) is 0 Å². The Morgan fingerprint density at radius 2 is 2.14 bits per heavy atom. The molecule has 0 radical (unpaired) electrons. The van der Waals surface area contributed by atoms with E-state index in [4.69, 9.17) is 0 Å². The van der Waals surface area contributed by atoms with Crippen LogP contribution in [0.2, 0.25) is 0 Å². The summed E-state index contributed by atoms with van der Waals surface area (Å²) < 4.78 is 1.30. The monoisotopic (exact) mass is 290 g/mol. The van der Waals surface area contributed by atoms with Gasteiger partial charge in [-0.1, -0.05) is 19.3 Å². The second-order valence-electron chi connectivity index (χ2n) is 3.76. The predicted molar refractivity (Wildman–Crippen MR) is 70.2 cm³/mol. The number of hydrogen-bond acceptors (Lipinski definition) is 2.